The van der Waals surface area contributed by atoms with Gasteiger partial charge in [-0.3, -0.25) is 10.1 Å². The van der Waals surface area contributed by atoms with Crippen molar-refractivity contribution in [2.45, 2.75) is 25.9 Å². The van der Waals surface area contributed by atoms with Gasteiger partial charge in [0.15, 0.2) is 0 Å². The van der Waals surface area contributed by atoms with Crippen LogP contribution in [0.2, 0.25) is 0 Å². The van der Waals surface area contributed by atoms with E-state index in [-0.39, 0.29) is 11.9 Å². The predicted octanol–water partition coefficient (Wildman–Crippen LogP) is 1.53. The lowest BCUT2D eigenvalue weighted by Crippen LogP contribution is -2.43. The lowest BCUT2D eigenvalue weighted by Gasteiger charge is -2.27. The van der Waals surface area contributed by atoms with E-state index < -0.39 is 5.54 Å². The van der Waals surface area contributed by atoms with Gasteiger partial charge in [-0.1, -0.05) is 12.1 Å². The van der Waals surface area contributed by atoms with Gasteiger partial charge in [0.2, 0.25) is 0 Å². The number of hydrogen-bond donors (Lipinski definition) is 1. The summed E-state index contributed by atoms with van der Waals surface area (Å²) in [6.45, 7) is 3.86. The Morgan fingerprint density at radius 1 is 1.22 bits per heavy atom. The topological polar surface area (TPSA) is 58.6 Å². The van der Waals surface area contributed by atoms with E-state index in [9.17, 15) is 9.59 Å². The van der Waals surface area contributed by atoms with Crippen molar-refractivity contribution in [1.82, 2.24) is 10.2 Å². The van der Waals surface area contributed by atoms with Crippen LogP contribution in [0.3, 0.4) is 0 Å². The maximum Gasteiger partial charge on any atom is 0.325 e. The maximum absolute atomic E-state index is 11.7. The molecule has 0 aliphatic carbocycles. The summed E-state index contributed by atoms with van der Waals surface area (Å²) in [6, 6.07) is 7.08. The second-order valence-corrected chi connectivity index (χ2v) is 4.75. The molecule has 1 aromatic carbocycles. The lowest BCUT2D eigenvalue weighted by molar-refractivity contribution is -0.125. The van der Waals surface area contributed by atoms with Crippen LogP contribution in [0, 0.1) is 0 Å². The van der Waals surface area contributed by atoms with E-state index in [2.05, 4.69) is 5.32 Å². The summed E-state index contributed by atoms with van der Waals surface area (Å²) in [4.78, 5) is 24.8. The number of urea groups is 1. The first-order chi connectivity index (χ1) is 8.45. The van der Waals surface area contributed by atoms with Crippen molar-refractivity contribution in [2.75, 3.05) is 7.11 Å². The average molecular weight is 248 g/mol. The quantitative estimate of drug-likeness (QED) is 0.825. The van der Waals surface area contributed by atoms with E-state index in [0.29, 0.717) is 6.54 Å². The maximum atomic E-state index is 11.7. The molecule has 1 aliphatic rings. The van der Waals surface area contributed by atoms with Crippen LogP contribution in [0.15, 0.2) is 24.3 Å². The Morgan fingerprint density at radius 2 is 1.83 bits per heavy atom. The summed E-state index contributed by atoms with van der Waals surface area (Å²) < 4.78 is 5.07. The summed E-state index contributed by atoms with van der Waals surface area (Å²) in [6.07, 6.45) is 0. The third-order valence-corrected chi connectivity index (χ3v) is 3.20. The number of methoxy groups -OCH3 is 1. The number of hydrogen-bond acceptors (Lipinski definition) is 3. The van der Waals surface area contributed by atoms with Crippen LogP contribution in [-0.4, -0.2) is 29.5 Å². The average Bonchev–Trinajstić information content (AvgIpc) is 2.53. The second-order valence-electron chi connectivity index (χ2n) is 4.75. The fraction of sp³-hybridized carbons (Fsp3) is 0.385. The molecule has 1 heterocycles. The van der Waals surface area contributed by atoms with Crippen LogP contribution in [0.25, 0.3) is 0 Å². The van der Waals surface area contributed by atoms with E-state index in [0.717, 1.165) is 11.3 Å². The van der Waals surface area contributed by atoms with Crippen molar-refractivity contribution in [3.8, 4) is 5.75 Å². The van der Waals surface area contributed by atoms with E-state index in [1.54, 1.807) is 21.0 Å². The number of nitrogens with zero attached hydrogens (tertiary/aromatic N) is 1. The summed E-state index contributed by atoms with van der Waals surface area (Å²) in [5.41, 5.74) is 0.144. The number of benzene rings is 1. The Labute approximate surface area is 106 Å². The minimum absolute atomic E-state index is 0.263. The van der Waals surface area contributed by atoms with Crippen LogP contribution in [0.1, 0.15) is 19.4 Å². The summed E-state index contributed by atoms with van der Waals surface area (Å²) in [7, 11) is 1.60. The number of carbonyl (C=O) groups is 2. The smallest absolute Gasteiger partial charge is 0.325 e. The Morgan fingerprint density at radius 3 is 2.28 bits per heavy atom. The predicted molar refractivity (Wildman–Crippen MR) is 66.2 cm³/mol. The van der Waals surface area contributed by atoms with Gasteiger partial charge in [-0.05, 0) is 31.5 Å². The highest BCUT2D eigenvalue weighted by atomic mass is 16.5. The zero-order valence-electron chi connectivity index (χ0n) is 10.7. The van der Waals surface area contributed by atoms with Gasteiger partial charge >= 0.3 is 6.03 Å². The highest BCUT2D eigenvalue weighted by molar-refractivity contribution is 6.06. The van der Waals surface area contributed by atoms with E-state index in [4.69, 9.17) is 4.74 Å². The van der Waals surface area contributed by atoms with E-state index in [1.165, 1.54) is 4.90 Å². The standard InChI is InChI=1S/C13H16N2O3/c1-13(2)11(16)14-12(17)15(13)8-9-4-6-10(18-3)7-5-9/h4-7H,8H2,1-3H3,(H,14,16,17). The summed E-state index contributed by atoms with van der Waals surface area (Å²) in [5.74, 6) is 0.501. The monoisotopic (exact) mass is 248 g/mol. The molecule has 0 atom stereocenters. The molecule has 96 valence electrons. The summed E-state index contributed by atoms with van der Waals surface area (Å²) >= 11 is 0. The number of nitrogens with one attached hydrogen (secondary N) is 1. The Kier molecular flexibility index (Phi) is 2.98. The van der Waals surface area contributed by atoms with E-state index in [1.807, 2.05) is 24.3 Å². The van der Waals surface area contributed by atoms with Gasteiger partial charge < -0.3 is 9.64 Å². The number of ether oxygens (including phenoxy) is 1. The minimum Gasteiger partial charge on any atom is -0.497 e. The molecule has 18 heavy (non-hydrogen) atoms. The lowest BCUT2D eigenvalue weighted by atomic mass is 10.0. The molecule has 1 aliphatic heterocycles. The first-order valence-corrected chi connectivity index (χ1v) is 5.71. The second kappa shape index (κ2) is 4.33. The van der Waals surface area contributed by atoms with Gasteiger partial charge in [0.25, 0.3) is 5.91 Å². The Hall–Kier alpha value is -2.04. The summed E-state index contributed by atoms with van der Waals surface area (Å²) in [5, 5.41) is 2.32. The molecule has 0 saturated carbocycles. The molecule has 0 bridgehead atoms. The van der Waals surface area contributed by atoms with Crippen LogP contribution >= 0.6 is 0 Å². The Balaban J connectivity index is 2.17. The van der Waals surface area contributed by atoms with Crippen molar-refractivity contribution in [3.05, 3.63) is 29.8 Å². The molecular weight excluding hydrogens is 232 g/mol. The van der Waals surface area contributed by atoms with Gasteiger partial charge in [-0.2, -0.15) is 0 Å². The van der Waals surface area contributed by atoms with Gasteiger partial charge in [-0.25, -0.2) is 4.79 Å². The Bertz CT molecular complexity index is 480. The van der Waals surface area contributed by atoms with Crippen molar-refractivity contribution in [1.29, 1.82) is 0 Å². The van der Waals surface area contributed by atoms with Crippen molar-refractivity contribution >= 4 is 11.9 Å². The SMILES string of the molecule is COc1ccc(CN2C(=O)NC(=O)C2(C)C)cc1. The minimum atomic E-state index is -0.809. The third-order valence-electron chi connectivity index (χ3n) is 3.20. The molecule has 1 aromatic rings. The zero-order chi connectivity index (χ0) is 13.3. The first kappa shape index (κ1) is 12.4. The van der Waals surface area contributed by atoms with Crippen LogP contribution in [0.4, 0.5) is 4.79 Å². The molecule has 0 radical (unpaired) electrons. The number of carbonyl (C=O) groups excluding carboxylic acids is 2. The van der Waals surface area contributed by atoms with Gasteiger partial charge in [0, 0.05) is 6.54 Å². The molecule has 1 N–H and O–H groups in total. The zero-order valence-corrected chi connectivity index (χ0v) is 10.7. The van der Waals surface area contributed by atoms with Crippen LogP contribution in [-0.2, 0) is 11.3 Å². The van der Waals surface area contributed by atoms with Gasteiger partial charge in [0.1, 0.15) is 11.3 Å². The van der Waals surface area contributed by atoms with Crippen molar-refractivity contribution in [2.24, 2.45) is 0 Å². The fourth-order valence-corrected chi connectivity index (χ4v) is 1.88. The largest absolute Gasteiger partial charge is 0.497 e. The van der Waals surface area contributed by atoms with Gasteiger partial charge in [0.05, 0.1) is 7.11 Å². The molecule has 0 aromatic heterocycles. The molecular formula is C13H16N2O3. The molecule has 0 unspecified atom stereocenters. The molecule has 1 saturated heterocycles. The number of amides is 3. The molecule has 5 nitrogen and oxygen atoms in total. The molecule has 0 spiro atoms. The molecule has 5 heteroatoms. The highest BCUT2D eigenvalue weighted by Gasteiger charge is 2.45. The number of rotatable bonds is 3. The normalized spacial score (nSPS) is 17.8. The van der Waals surface area contributed by atoms with Crippen LogP contribution in [0.5, 0.6) is 5.75 Å². The third kappa shape index (κ3) is 2.03. The number of imide groups is 1. The molecule has 3 amide bonds. The first-order valence-electron chi connectivity index (χ1n) is 5.71. The fourth-order valence-electron chi connectivity index (χ4n) is 1.88. The molecule has 2 rings (SSSR count). The van der Waals surface area contributed by atoms with E-state index >= 15 is 0 Å². The molecule has 1 fully saturated rings. The van der Waals surface area contributed by atoms with Crippen LogP contribution < -0.4 is 10.1 Å². The highest BCUT2D eigenvalue weighted by Crippen LogP contribution is 2.24. The van der Waals surface area contributed by atoms with Crippen molar-refractivity contribution < 1.29 is 14.3 Å². The van der Waals surface area contributed by atoms with Crippen molar-refractivity contribution in [3.63, 3.8) is 0 Å². The van der Waals surface area contributed by atoms with Gasteiger partial charge in [-0.15, -0.1) is 0 Å².